The van der Waals surface area contributed by atoms with E-state index in [-0.39, 0.29) is 0 Å². The van der Waals surface area contributed by atoms with Crippen LogP contribution in [0.25, 0.3) is 22.3 Å². The Balaban J connectivity index is 1.88. The van der Waals surface area contributed by atoms with Crippen molar-refractivity contribution in [1.29, 1.82) is 0 Å². The minimum atomic E-state index is 0.419. The minimum absolute atomic E-state index is 0.419. The summed E-state index contributed by atoms with van der Waals surface area (Å²) in [4.78, 5) is 0. The molecule has 1 heteroatoms. The van der Waals surface area contributed by atoms with Crippen LogP contribution in [0.1, 0.15) is 55.4 Å². The maximum absolute atomic E-state index is 10.9. The molecule has 0 bridgehead atoms. The van der Waals surface area contributed by atoms with Gasteiger partial charge in [0.15, 0.2) is 0 Å². The number of unbranched alkanes of at least 4 members (excludes halogenated alkanes) is 2. The van der Waals surface area contributed by atoms with Gasteiger partial charge in [0, 0.05) is 5.56 Å². The van der Waals surface area contributed by atoms with Gasteiger partial charge in [0.25, 0.3) is 0 Å². The van der Waals surface area contributed by atoms with E-state index < -0.39 is 0 Å². The van der Waals surface area contributed by atoms with Crippen molar-refractivity contribution in [3.8, 4) is 28.0 Å². The van der Waals surface area contributed by atoms with Crippen molar-refractivity contribution >= 4 is 0 Å². The SMILES string of the molecule is CCCCCc1c(CC)ccc(O)c1-c1cccc2c1Cc1ccccc1-2. The normalized spacial score (nSPS) is 12.1. The van der Waals surface area contributed by atoms with Gasteiger partial charge in [0.1, 0.15) is 5.75 Å². The van der Waals surface area contributed by atoms with Gasteiger partial charge in [0.05, 0.1) is 0 Å². The monoisotopic (exact) mass is 356 g/mol. The molecule has 0 heterocycles. The molecule has 0 aliphatic heterocycles. The molecule has 0 spiro atoms. The van der Waals surface area contributed by atoms with E-state index in [9.17, 15) is 5.11 Å². The maximum atomic E-state index is 10.9. The maximum Gasteiger partial charge on any atom is 0.123 e. The van der Waals surface area contributed by atoms with Crippen LogP contribution in [0.3, 0.4) is 0 Å². The first kappa shape index (κ1) is 17.9. The molecular weight excluding hydrogens is 328 g/mol. The van der Waals surface area contributed by atoms with Crippen LogP contribution in [-0.2, 0) is 19.3 Å². The average Bonchev–Trinajstić information content (AvgIpc) is 3.08. The van der Waals surface area contributed by atoms with Crippen LogP contribution in [0, 0.1) is 0 Å². The Morgan fingerprint density at radius 2 is 1.59 bits per heavy atom. The largest absolute Gasteiger partial charge is 0.507 e. The molecule has 3 aromatic carbocycles. The Hall–Kier alpha value is -2.54. The number of aryl methyl sites for hydroxylation is 1. The molecule has 0 atom stereocenters. The molecular formula is C26H28O. The van der Waals surface area contributed by atoms with Crippen LogP contribution in [0.4, 0.5) is 0 Å². The zero-order chi connectivity index (χ0) is 18.8. The van der Waals surface area contributed by atoms with E-state index in [1.54, 1.807) is 0 Å². The topological polar surface area (TPSA) is 20.2 Å². The summed E-state index contributed by atoms with van der Waals surface area (Å²) in [7, 11) is 0. The predicted octanol–water partition coefficient (Wildman–Crippen LogP) is 6.93. The molecule has 0 fully saturated rings. The lowest BCUT2D eigenvalue weighted by atomic mass is 9.87. The molecule has 0 saturated carbocycles. The van der Waals surface area contributed by atoms with E-state index in [0.29, 0.717) is 5.75 Å². The van der Waals surface area contributed by atoms with E-state index in [2.05, 4.69) is 62.4 Å². The van der Waals surface area contributed by atoms with Crippen molar-refractivity contribution in [1.82, 2.24) is 0 Å². The summed E-state index contributed by atoms with van der Waals surface area (Å²) in [6.45, 7) is 4.45. The summed E-state index contributed by atoms with van der Waals surface area (Å²) in [5.41, 5.74) is 10.4. The van der Waals surface area contributed by atoms with Gasteiger partial charge >= 0.3 is 0 Å². The number of benzene rings is 3. The fourth-order valence-corrected chi connectivity index (χ4v) is 4.54. The summed E-state index contributed by atoms with van der Waals surface area (Å²) in [5, 5.41) is 10.9. The summed E-state index contributed by atoms with van der Waals surface area (Å²) in [6, 6.07) is 19.2. The number of rotatable bonds is 6. The van der Waals surface area contributed by atoms with Crippen molar-refractivity contribution in [2.45, 2.75) is 52.4 Å². The quantitative estimate of drug-likeness (QED) is 0.372. The van der Waals surface area contributed by atoms with Crippen LogP contribution in [0.5, 0.6) is 5.75 Å². The zero-order valence-corrected chi connectivity index (χ0v) is 16.4. The number of fused-ring (bicyclic) bond motifs is 3. The summed E-state index contributed by atoms with van der Waals surface area (Å²) in [5.74, 6) is 0.419. The highest BCUT2D eigenvalue weighted by Crippen LogP contribution is 2.45. The molecule has 27 heavy (non-hydrogen) atoms. The highest BCUT2D eigenvalue weighted by Gasteiger charge is 2.24. The van der Waals surface area contributed by atoms with Crippen molar-refractivity contribution in [2.75, 3.05) is 0 Å². The molecule has 138 valence electrons. The Kier molecular flexibility index (Phi) is 5.03. The van der Waals surface area contributed by atoms with Crippen molar-refractivity contribution < 1.29 is 5.11 Å². The fraction of sp³-hybridized carbons (Fsp3) is 0.308. The predicted molar refractivity (Wildman–Crippen MR) is 114 cm³/mol. The van der Waals surface area contributed by atoms with Crippen LogP contribution in [0.2, 0.25) is 0 Å². The van der Waals surface area contributed by atoms with Crippen LogP contribution in [0.15, 0.2) is 54.6 Å². The Morgan fingerprint density at radius 1 is 0.815 bits per heavy atom. The van der Waals surface area contributed by atoms with Gasteiger partial charge in [-0.25, -0.2) is 0 Å². The van der Waals surface area contributed by atoms with Gasteiger partial charge < -0.3 is 5.11 Å². The highest BCUT2D eigenvalue weighted by atomic mass is 16.3. The van der Waals surface area contributed by atoms with Crippen LogP contribution >= 0.6 is 0 Å². The average molecular weight is 357 g/mol. The third-order valence-electron chi connectivity index (χ3n) is 5.92. The minimum Gasteiger partial charge on any atom is -0.507 e. The van der Waals surface area contributed by atoms with E-state index in [4.69, 9.17) is 0 Å². The molecule has 1 aliphatic rings. The molecule has 0 aromatic heterocycles. The van der Waals surface area contributed by atoms with Gasteiger partial charge in [-0.2, -0.15) is 0 Å². The zero-order valence-electron chi connectivity index (χ0n) is 16.4. The second-order valence-electron chi connectivity index (χ2n) is 7.57. The van der Waals surface area contributed by atoms with E-state index >= 15 is 0 Å². The van der Waals surface area contributed by atoms with E-state index in [1.807, 2.05) is 6.07 Å². The van der Waals surface area contributed by atoms with Crippen LogP contribution in [-0.4, -0.2) is 5.11 Å². The molecule has 0 radical (unpaired) electrons. The second-order valence-corrected chi connectivity index (χ2v) is 7.57. The van der Waals surface area contributed by atoms with E-state index in [1.165, 1.54) is 58.2 Å². The number of phenolic OH excluding ortho intramolecular Hbond substituents is 1. The van der Waals surface area contributed by atoms with Crippen LogP contribution < -0.4 is 0 Å². The van der Waals surface area contributed by atoms with Crippen molar-refractivity contribution in [2.24, 2.45) is 0 Å². The first-order valence-electron chi connectivity index (χ1n) is 10.3. The first-order valence-corrected chi connectivity index (χ1v) is 10.3. The van der Waals surface area contributed by atoms with Crippen molar-refractivity contribution in [3.05, 3.63) is 76.9 Å². The molecule has 1 aliphatic carbocycles. The summed E-state index contributed by atoms with van der Waals surface area (Å²) in [6.07, 6.45) is 6.62. The van der Waals surface area contributed by atoms with Gasteiger partial charge in [-0.15, -0.1) is 0 Å². The first-order chi connectivity index (χ1) is 13.2. The number of hydrogen-bond acceptors (Lipinski definition) is 1. The lowest BCUT2D eigenvalue weighted by molar-refractivity contribution is 0.476. The smallest absolute Gasteiger partial charge is 0.123 e. The molecule has 0 saturated heterocycles. The lowest BCUT2D eigenvalue weighted by Gasteiger charge is -2.18. The number of phenols is 1. The highest BCUT2D eigenvalue weighted by molar-refractivity contribution is 5.87. The number of aromatic hydroxyl groups is 1. The lowest BCUT2D eigenvalue weighted by Crippen LogP contribution is -2.00. The Morgan fingerprint density at radius 3 is 2.41 bits per heavy atom. The van der Waals surface area contributed by atoms with Gasteiger partial charge in [-0.1, -0.05) is 75.2 Å². The van der Waals surface area contributed by atoms with E-state index in [0.717, 1.165) is 24.8 Å². The third-order valence-corrected chi connectivity index (χ3v) is 5.92. The molecule has 4 rings (SSSR count). The van der Waals surface area contributed by atoms with Gasteiger partial charge in [-0.05, 0) is 70.7 Å². The Labute approximate surface area is 162 Å². The second kappa shape index (κ2) is 7.60. The fourth-order valence-electron chi connectivity index (χ4n) is 4.54. The standard InChI is InChI=1S/C26H28O/c1-3-5-6-12-21-18(4-2)15-16-25(27)26(21)23-14-9-13-22-20-11-8-7-10-19(20)17-24(22)23/h7-11,13-16,27H,3-6,12,17H2,1-2H3. The molecule has 0 amide bonds. The number of hydrogen-bond donors (Lipinski definition) is 1. The summed E-state index contributed by atoms with van der Waals surface area (Å²) >= 11 is 0. The van der Waals surface area contributed by atoms with Crippen molar-refractivity contribution in [3.63, 3.8) is 0 Å². The van der Waals surface area contributed by atoms with Gasteiger partial charge in [-0.3, -0.25) is 0 Å². The third kappa shape index (κ3) is 3.16. The molecule has 0 unspecified atom stereocenters. The summed E-state index contributed by atoms with van der Waals surface area (Å²) < 4.78 is 0. The Bertz CT molecular complexity index is 968. The molecule has 1 nitrogen and oxygen atoms in total. The molecule has 3 aromatic rings. The van der Waals surface area contributed by atoms with Gasteiger partial charge in [0.2, 0.25) is 0 Å². The molecule has 1 N–H and O–H groups in total.